The number of hydrogen-bond donors (Lipinski definition) is 2. The largest absolute Gasteiger partial charge is 0.478 e. The summed E-state index contributed by atoms with van der Waals surface area (Å²) in [6, 6.07) is 2.84. The number of piperazine rings is 1. The van der Waals surface area contributed by atoms with Gasteiger partial charge in [0.15, 0.2) is 0 Å². The number of aliphatic carboxylic acids is 1. The maximum absolute atomic E-state index is 12.3. The lowest BCUT2D eigenvalue weighted by atomic mass is 10.2. The van der Waals surface area contributed by atoms with Crippen LogP contribution in [0.15, 0.2) is 18.2 Å². The summed E-state index contributed by atoms with van der Waals surface area (Å²) in [5.74, 6) is -1.40. The average molecular weight is 294 g/mol. The summed E-state index contributed by atoms with van der Waals surface area (Å²) in [7, 11) is 0. The van der Waals surface area contributed by atoms with Gasteiger partial charge in [0, 0.05) is 24.0 Å². The van der Waals surface area contributed by atoms with Gasteiger partial charge in [-0.2, -0.15) is 0 Å². The standard InChI is InChI=1S/C13H14N2O4S/c1-8-12(18)14-6-7-15(8)13(19)10-4-2-9(20-10)3-5-11(16)17/h2-5,8H,6-7H2,1H3,(H,14,18)(H,16,17). The number of nitrogens with zero attached hydrogens (tertiary/aromatic N) is 1. The molecule has 2 heterocycles. The normalized spacial score (nSPS) is 19.1. The van der Waals surface area contributed by atoms with Crippen LogP contribution >= 0.6 is 11.3 Å². The average Bonchev–Trinajstić information content (AvgIpc) is 2.87. The Bertz CT molecular complexity index is 579. The number of carbonyl (C=O) groups excluding carboxylic acids is 2. The van der Waals surface area contributed by atoms with Gasteiger partial charge in [0.1, 0.15) is 6.04 Å². The molecule has 2 amide bonds. The number of carbonyl (C=O) groups is 3. The summed E-state index contributed by atoms with van der Waals surface area (Å²) in [6.07, 6.45) is 2.47. The highest BCUT2D eigenvalue weighted by Crippen LogP contribution is 2.21. The van der Waals surface area contributed by atoms with E-state index in [1.54, 1.807) is 19.1 Å². The molecule has 1 aliphatic heterocycles. The summed E-state index contributed by atoms with van der Waals surface area (Å²) in [5, 5.41) is 11.3. The van der Waals surface area contributed by atoms with Crippen LogP contribution in [0.1, 0.15) is 21.5 Å². The van der Waals surface area contributed by atoms with Gasteiger partial charge < -0.3 is 15.3 Å². The van der Waals surface area contributed by atoms with Gasteiger partial charge in [0.25, 0.3) is 5.91 Å². The lowest BCUT2D eigenvalue weighted by Crippen LogP contribution is -2.55. The van der Waals surface area contributed by atoms with Gasteiger partial charge >= 0.3 is 5.97 Å². The number of thiophene rings is 1. The van der Waals surface area contributed by atoms with Gasteiger partial charge in [-0.05, 0) is 25.1 Å². The number of nitrogens with one attached hydrogen (secondary N) is 1. The minimum Gasteiger partial charge on any atom is -0.478 e. The summed E-state index contributed by atoms with van der Waals surface area (Å²) < 4.78 is 0. The molecule has 0 saturated carbocycles. The Kier molecular flexibility index (Phi) is 4.19. The summed E-state index contributed by atoms with van der Waals surface area (Å²) in [5.41, 5.74) is 0. The Balaban J connectivity index is 2.13. The van der Waals surface area contributed by atoms with Gasteiger partial charge in [-0.3, -0.25) is 9.59 Å². The summed E-state index contributed by atoms with van der Waals surface area (Å²) in [4.78, 5) is 37.0. The fourth-order valence-electron chi connectivity index (χ4n) is 1.91. The maximum Gasteiger partial charge on any atom is 0.328 e. The second-order valence-corrected chi connectivity index (χ2v) is 5.45. The monoisotopic (exact) mass is 294 g/mol. The molecule has 0 bridgehead atoms. The lowest BCUT2D eigenvalue weighted by molar-refractivity contribution is -0.131. The van der Waals surface area contributed by atoms with Crippen molar-refractivity contribution in [2.24, 2.45) is 0 Å². The van der Waals surface area contributed by atoms with E-state index >= 15 is 0 Å². The number of rotatable bonds is 3. The van der Waals surface area contributed by atoms with Crippen molar-refractivity contribution in [3.63, 3.8) is 0 Å². The molecule has 1 fully saturated rings. The molecule has 0 aliphatic carbocycles. The maximum atomic E-state index is 12.3. The van der Waals surface area contributed by atoms with Crippen molar-refractivity contribution in [2.45, 2.75) is 13.0 Å². The molecule has 1 aliphatic rings. The molecule has 20 heavy (non-hydrogen) atoms. The minimum atomic E-state index is -1.03. The van der Waals surface area contributed by atoms with Crippen molar-refractivity contribution in [1.82, 2.24) is 10.2 Å². The Labute approximate surface area is 119 Å². The molecule has 2 N–H and O–H groups in total. The number of carboxylic acids is 1. The summed E-state index contributed by atoms with van der Waals surface area (Å²) in [6.45, 7) is 2.61. The van der Waals surface area contributed by atoms with E-state index < -0.39 is 12.0 Å². The van der Waals surface area contributed by atoms with Crippen LogP contribution in [-0.2, 0) is 9.59 Å². The van der Waals surface area contributed by atoms with E-state index in [1.165, 1.54) is 22.3 Å². The Morgan fingerprint density at radius 2 is 2.25 bits per heavy atom. The third-order valence-electron chi connectivity index (χ3n) is 2.99. The van der Waals surface area contributed by atoms with Crippen molar-refractivity contribution in [3.05, 3.63) is 28.0 Å². The van der Waals surface area contributed by atoms with E-state index in [-0.39, 0.29) is 11.8 Å². The highest BCUT2D eigenvalue weighted by atomic mass is 32.1. The van der Waals surface area contributed by atoms with E-state index in [2.05, 4.69) is 5.32 Å². The van der Waals surface area contributed by atoms with E-state index in [0.717, 1.165) is 6.08 Å². The van der Waals surface area contributed by atoms with Crippen LogP contribution < -0.4 is 5.32 Å². The van der Waals surface area contributed by atoms with Gasteiger partial charge in [0.05, 0.1) is 4.88 Å². The van der Waals surface area contributed by atoms with Crippen LogP contribution in [0.3, 0.4) is 0 Å². The minimum absolute atomic E-state index is 0.160. The van der Waals surface area contributed by atoms with Crippen molar-refractivity contribution in [2.75, 3.05) is 13.1 Å². The van der Waals surface area contributed by atoms with Crippen LogP contribution in [-0.4, -0.2) is 46.9 Å². The van der Waals surface area contributed by atoms with Crippen LogP contribution in [0.2, 0.25) is 0 Å². The molecular weight excluding hydrogens is 280 g/mol. The van der Waals surface area contributed by atoms with E-state index in [9.17, 15) is 14.4 Å². The molecule has 0 aromatic carbocycles. The molecule has 2 rings (SSSR count). The van der Waals surface area contributed by atoms with Crippen molar-refractivity contribution < 1.29 is 19.5 Å². The summed E-state index contributed by atoms with van der Waals surface area (Å²) >= 11 is 1.21. The molecule has 7 heteroatoms. The third-order valence-corrected chi connectivity index (χ3v) is 4.03. The molecule has 0 radical (unpaired) electrons. The molecule has 6 nitrogen and oxygen atoms in total. The molecule has 106 valence electrons. The Hall–Kier alpha value is -2.15. The molecule has 1 aromatic heterocycles. The lowest BCUT2D eigenvalue weighted by Gasteiger charge is -2.32. The fraction of sp³-hybridized carbons (Fsp3) is 0.308. The zero-order valence-corrected chi connectivity index (χ0v) is 11.6. The number of carboxylic acid groups (broad SMARTS) is 1. The second-order valence-electron chi connectivity index (χ2n) is 4.34. The second kappa shape index (κ2) is 5.87. The Morgan fingerprint density at radius 3 is 2.95 bits per heavy atom. The van der Waals surface area contributed by atoms with Gasteiger partial charge in [-0.15, -0.1) is 11.3 Å². The first-order valence-corrected chi connectivity index (χ1v) is 6.90. The molecule has 0 spiro atoms. The van der Waals surface area contributed by atoms with Crippen LogP contribution in [0.5, 0.6) is 0 Å². The number of amides is 2. The van der Waals surface area contributed by atoms with Crippen LogP contribution in [0.25, 0.3) is 6.08 Å². The topological polar surface area (TPSA) is 86.7 Å². The highest BCUT2D eigenvalue weighted by molar-refractivity contribution is 7.14. The fourth-order valence-corrected chi connectivity index (χ4v) is 2.78. The molecule has 1 atom stereocenters. The van der Waals surface area contributed by atoms with Crippen molar-refractivity contribution in [1.29, 1.82) is 0 Å². The zero-order chi connectivity index (χ0) is 14.7. The quantitative estimate of drug-likeness (QED) is 0.808. The Morgan fingerprint density at radius 1 is 1.50 bits per heavy atom. The predicted octanol–water partition coefficient (Wildman–Crippen LogP) is 0.806. The SMILES string of the molecule is CC1C(=O)NCCN1C(=O)c1ccc(C=CC(=O)O)s1. The van der Waals surface area contributed by atoms with E-state index in [4.69, 9.17) is 5.11 Å². The van der Waals surface area contributed by atoms with E-state index in [0.29, 0.717) is 22.8 Å². The first kappa shape index (κ1) is 14.3. The van der Waals surface area contributed by atoms with E-state index in [1.807, 2.05) is 0 Å². The molecular formula is C13H14N2O4S. The van der Waals surface area contributed by atoms with Gasteiger partial charge in [-0.1, -0.05) is 0 Å². The van der Waals surface area contributed by atoms with Crippen LogP contribution in [0, 0.1) is 0 Å². The zero-order valence-electron chi connectivity index (χ0n) is 10.8. The third kappa shape index (κ3) is 3.05. The van der Waals surface area contributed by atoms with Crippen molar-refractivity contribution in [3.8, 4) is 0 Å². The first-order valence-electron chi connectivity index (χ1n) is 6.08. The smallest absolute Gasteiger partial charge is 0.328 e. The highest BCUT2D eigenvalue weighted by Gasteiger charge is 2.30. The van der Waals surface area contributed by atoms with Gasteiger partial charge in [0.2, 0.25) is 5.91 Å². The van der Waals surface area contributed by atoms with Crippen LogP contribution in [0.4, 0.5) is 0 Å². The predicted molar refractivity (Wildman–Crippen MR) is 74.5 cm³/mol. The molecule has 1 saturated heterocycles. The first-order chi connectivity index (χ1) is 9.49. The molecule has 1 unspecified atom stereocenters. The molecule has 1 aromatic rings. The van der Waals surface area contributed by atoms with Crippen molar-refractivity contribution >= 4 is 35.2 Å². The van der Waals surface area contributed by atoms with Gasteiger partial charge in [-0.25, -0.2) is 4.79 Å². The number of hydrogen-bond acceptors (Lipinski definition) is 4.